The van der Waals surface area contributed by atoms with Gasteiger partial charge in [-0.1, -0.05) is 13.3 Å². The lowest BCUT2D eigenvalue weighted by Gasteiger charge is -2.12. The molecule has 0 aromatic carbocycles. The summed E-state index contributed by atoms with van der Waals surface area (Å²) in [4.78, 5) is 4.74. The van der Waals surface area contributed by atoms with E-state index in [9.17, 15) is 0 Å². The summed E-state index contributed by atoms with van der Waals surface area (Å²) in [7, 11) is 0. The van der Waals surface area contributed by atoms with Crippen LogP contribution in [-0.2, 0) is 0 Å². The minimum atomic E-state index is 0. The largest absolute Gasteiger partial charge is 0.357 e. The van der Waals surface area contributed by atoms with Gasteiger partial charge in [-0.25, -0.2) is 0 Å². The number of hydrogen-bond acceptors (Lipinski definition) is 2. The summed E-state index contributed by atoms with van der Waals surface area (Å²) >= 11 is 2.08. The van der Waals surface area contributed by atoms with Gasteiger partial charge < -0.3 is 10.6 Å². The third-order valence-corrected chi connectivity index (χ3v) is 5.11. The first-order chi connectivity index (χ1) is 8.83. The Bertz CT molecular complexity index is 280. The quantitative estimate of drug-likeness (QED) is 0.411. The van der Waals surface area contributed by atoms with Crippen LogP contribution in [0.1, 0.15) is 46.0 Å². The molecule has 2 fully saturated rings. The van der Waals surface area contributed by atoms with Crippen LogP contribution < -0.4 is 10.6 Å². The maximum atomic E-state index is 4.74. The number of nitrogens with one attached hydrogen (secondary N) is 2. The van der Waals surface area contributed by atoms with E-state index in [-0.39, 0.29) is 24.0 Å². The number of rotatable bonds is 6. The zero-order chi connectivity index (χ0) is 12.8. The summed E-state index contributed by atoms with van der Waals surface area (Å²) in [6.07, 6.45) is 6.70. The summed E-state index contributed by atoms with van der Waals surface area (Å²) in [5.74, 6) is 3.25. The summed E-state index contributed by atoms with van der Waals surface area (Å²) in [5.41, 5.74) is 0. The molecule has 0 amide bonds. The third-order valence-electron chi connectivity index (χ3n) is 3.73. The Hall–Kier alpha value is 0.350. The van der Waals surface area contributed by atoms with E-state index in [0.29, 0.717) is 6.04 Å². The van der Waals surface area contributed by atoms with Crippen molar-refractivity contribution in [3.63, 3.8) is 0 Å². The first-order valence-corrected chi connectivity index (χ1v) is 8.54. The Balaban J connectivity index is 0.00000180. The lowest BCUT2D eigenvalue weighted by Crippen LogP contribution is -2.39. The van der Waals surface area contributed by atoms with E-state index in [2.05, 4.69) is 36.2 Å². The molecule has 2 aliphatic rings. The lowest BCUT2D eigenvalue weighted by molar-refractivity contribution is 0.654. The molecule has 19 heavy (non-hydrogen) atoms. The van der Waals surface area contributed by atoms with Crippen LogP contribution in [-0.4, -0.2) is 36.1 Å². The molecule has 3 nitrogen and oxygen atoms in total. The summed E-state index contributed by atoms with van der Waals surface area (Å²) in [5, 5.41) is 7.71. The van der Waals surface area contributed by atoms with Gasteiger partial charge >= 0.3 is 0 Å². The second-order valence-electron chi connectivity index (χ2n) is 5.39. The minimum absolute atomic E-state index is 0. The van der Waals surface area contributed by atoms with Gasteiger partial charge in [0.05, 0.1) is 6.54 Å². The van der Waals surface area contributed by atoms with Gasteiger partial charge in [-0.05, 0) is 44.3 Å². The van der Waals surface area contributed by atoms with Gasteiger partial charge in [-0.2, -0.15) is 11.8 Å². The van der Waals surface area contributed by atoms with Crippen LogP contribution in [0.5, 0.6) is 0 Å². The number of guanidine groups is 1. The van der Waals surface area contributed by atoms with Crippen molar-refractivity contribution in [3.05, 3.63) is 0 Å². The van der Waals surface area contributed by atoms with E-state index in [0.717, 1.165) is 30.2 Å². The van der Waals surface area contributed by atoms with Crippen molar-refractivity contribution in [2.45, 2.75) is 57.2 Å². The molecule has 3 atom stereocenters. The number of aliphatic imine (C=N–C) groups is 1. The molecule has 0 aromatic heterocycles. The van der Waals surface area contributed by atoms with Crippen LogP contribution in [0.4, 0.5) is 0 Å². The molecule has 1 heterocycles. The minimum Gasteiger partial charge on any atom is -0.357 e. The Labute approximate surface area is 139 Å². The topological polar surface area (TPSA) is 36.4 Å². The summed E-state index contributed by atoms with van der Waals surface area (Å²) in [6, 6.07) is 0.680. The van der Waals surface area contributed by atoms with Crippen LogP contribution >= 0.6 is 35.7 Å². The highest BCUT2D eigenvalue weighted by atomic mass is 127. The Morgan fingerprint density at radius 2 is 2.21 bits per heavy atom. The van der Waals surface area contributed by atoms with Crippen LogP contribution in [0.15, 0.2) is 4.99 Å². The summed E-state index contributed by atoms with van der Waals surface area (Å²) in [6.45, 7) is 6.34. The zero-order valence-electron chi connectivity index (χ0n) is 12.2. The highest BCUT2D eigenvalue weighted by Crippen LogP contribution is 2.34. The lowest BCUT2D eigenvalue weighted by atomic mass is 10.2. The Morgan fingerprint density at radius 3 is 2.84 bits per heavy atom. The fraction of sp³-hybridized carbons (Fsp3) is 0.929. The van der Waals surface area contributed by atoms with E-state index in [4.69, 9.17) is 4.99 Å². The molecule has 5 heteroatoms. The molecule has 0 bridgehead atoms. The predicted octanol–water partition coefficient (Wildman–Crippen LogP) is 3.24. The van der Waals surface area contributed by atoms with Gasteiger partial charge in [0.1, 0.15) is 0 Å². The van der Waals surface area contributed by atoms with E-state index < -0.39 is 0 Å². The molecule has 2 rings (SSSR count). The normalized spacial score (nSPS) is 29.8. The molecule has 0 radical (unpaired) electrons. The van der Waals surface area contributed by atoms with E-state index in [1.807, 2.05) is 0 Å². The summed E-state index contributed by atoms with van der Waals surface area (Å²) < 4.78 is 0. The molecule has 3 unspecified atom stereocenters. The van der Waals surface area contributed by atoms with Gasteiger partial charge in [0.2, 0.25) is 0 Å². The zero-order valence-corrected chi connectivity index (χ0v) is 15.3. The van der Waals surface area contributed by atoms with Crippen LogP contribution in [0.25, 0.3) is 0 Å². The van der Waals surface area contributed by atoms with Crippen LogP contribution in [0, 0.1) is 5.92 Å². The van der Waals surface area contributed by atoms with Crippen molar-refractivity contribution in [3.8, 4) is 0 Å². The maximum Gasteiger partial charge on any atom is 0.191 e. The van der Waals surface area contributed by atoms with Crippen molar-refractivity contribution in [1.82, 2.24) is 10.6 Å². The number of nitrogens with zero attached hydrogens (tertiary/aromatic N) is 1. The standard InChI is InChI=1S/C14H27N3S.HI/c1-3-6-11-9-13(11)17-14(15-4-2)16-10-12-7-5-8-18-12;/h11-13H,3-10H2,1-2H3,(H2,15,16,17);1H. The van der Waals surface area contributed by atoms with Crippen molar-refractivity contribution >= 4 is 41.7 Å². The average molecular weight is 397 g/mol. The molecule has 1 aliphatic heterocycles. The monoisotopic (exact) mass is 397 g/mol. The Morgan fingerprint density at radius 1 is 1.37 bits per heavy atom. The molecule has 0 aromatic rings. The average Bonchev–Trinajstić information content (AvgIpc) is 2.90. The molecule has 1 saturated heterocycles. The fourth-order valence-electron chi connectivity index (χ4n) is 2.59. The van der Waals surface area contributed by atoms with Crippen LogP contribution in [0.3, 0.4) is 0 Å². The first kappa shape index (κ1) is 17.4. The number of thioether (sulfide) groups is 1. The van der Waals surface area contributed by atoms with Crippen molar-refractivity contribution in [2.24, 2.45) is 10.9 Å². The van der Waals surface area contributed by atoms with E-state index in [1.165, 1.54) is 37.9 Å². The fourth-order valence-corrected chi connectivity index (χ4v) is 3.77. The highest BCUT2D eigenvalue weighted by molar-refractivity contribution is 14.0. The molecule has 112 valence electrons. The predicted molar refractivity (Wildman–Crippen MR) is 96.8 cm³/mol. The molecule has 1 aliphatic carbocycles. The van der Waals surface area contributed by atoms with Gasteiger partial charge in [-0.15, -0.1) is 24.0 Å². The third kappa shape index (κ3) is 6.10. The SMILES string of the molecule is CCCC1CC1NC(=NCC1CCCS1)NCC.I. The van der Waals surface area contributed by atoms with E-state index >= 15 is 0 Å². The number of hydrogen-bond donors (Lipinski definition) is 2. The molecular formula is C14H28IN3S. The second kappa shape index (κ2) is 9.32. The smallest absolute Gasteiger partial charge is 0.191 e. The Kier molecular flexibility index (Phi) is 8.53. The number of halogens is 1. The van der Waals surface area contributed by atoms with Gasteiger partial charge in [0, 0.05) is 17.8 Å². The molecule has 1 saturated carbocycles. The first-order valence-electron chi connectivity index (χ1n) is 7.50. The molecular weight excluding hydrogens is 369 g/mol. The molecule has 2 N–H and O–H groups in total. The highest BCUT2D eigenvalue weighted by Gasteiger charge is 2.36. The van der Waals surface area contributed by atoms with Crippen molar-refractivity contribution in [2.75, 3.05) is 18.8 Å². The van der Waals surface area contributed by atoms with Gasteiger partial charge in [-0.3, -0.25) is 4.99 Å². The van der Waals surface area contributed by atoms with Gasteiger partial charge in [0.25, 0.3) is 0 Å². The van der Waals surface area contributed by atoms with Gasteiger partial charge in [0.15, 0.2) is 5.96 Å². The van der Waals surface area contributed by atoms with E-state index in [1.54, 1.807) is 0 Å². The molecule has 0 spiro atoms. The van der Waals surface area contributed by atoms with Crippen molar-refractivity contribution in [1.29, 1.82) is 0 Å². The second-order valence-corrected chi connectivity index (χ2v) is 6.80. The maximum absolute atomic E-state index is 4.74. The van der Waals surface area contributed by atoms with Crippen LogP contribution in [0.2, 0.25) is 0 Å². The van der Waals surface area contributed by atoms with Crippen molar-refractivity contribution < 1.29 is 0 Å².